The Morgan fingerprint density at radius 3 is 2.50 bits per heavy atom. The van der Waals surface area contributed by atoms with Gasteiger partial charge in [-0.15, -0.1) is 0 Å². The zero-order valence-electron chi connectivity index (χ0n) is 5.78. The molecule has 0 saturated heterocycles. The summed E-state index contributed by atoms with van der Waals surface area (Å²) < 4.78 is 21.9. The van der Waals surface area contributed by atoms with E-state index in [0.717, 1.165) is 6.29 Å². The first kappa shape index (κ1) is 7.72. The monoisotopic (exact) mass is 162 g/mol. The summed E-state index contributed by atoms with van der Waals surface area (Å²) in [5, 5.41) is -0.352. The highest BCUT2D eigenvalue weighted by molar-refractivity contribution is 7.92. The second-order valence-corrected chi connectivity index (χ2v) is 5.03. The van der Waals surface area contributed by atoms with Gasteiger partial charge in [-0.1, -0.05) is 6.92 Å². The van der Waals surface area contributed by atoms with E-state index < -0.39 is 9.84 Å². The summed E-state index contributed by atoms with van der Waals surface area (Å²) in [6.07, 6.45) is 1.28. The Morgan fingerprint density at radius 2 is 2.20 bits per heavy atom. The van der Waals surface area contributed by atoms with Gasteiger partial charge >= 0.3 is 0 Å². The summed E-state index contributed by atoms with van der Waals surface area (Å²) in [6, 6.07) is 0. The molecule has 2 atom stereocenters. The van der Waals surface area contributed by atoms with Crippen LogP contribution in [0.25, 0.3) is 0 Å². The Balaban J connectivity index is 2.63. The van der Waals surface area contributed by atoms with Gasteiger partial charge in [0, 0.05) is 11.7 Å². The van der Waals surface area contributed by atoms with Crippen molar-refractivity contribution in [1.29, 1.82) is 0 Å². The molecule has 0 aromatic rings. The fourth-order valence-corrected chi connectivity index (χ4v) is 2.50. The van der Waals surface area contributed by atoms with E-state index in [0.29, 0.717) is 6.42 Å². The summed E-state index contributed by atoms with van der Waals surface area (Å²) >= 11 is 0. The van der Waals surface area contributed by atoms with Gasteiger partial charge in [-0.2, -0.15) is 0 Å². The van der Waals surface area contributed by atoms with E-state index in [1.165, 1.54) is 0 Å². The molecule has 1 fully saturated rings. The average Bonchev–Trinajstić information content (AvgIpc) is 2.66. The lowest BCUT2D eigenvalue weighted by Crippen LogP contribution is -2.11. The third kappa shape index (κ3) is 1.21. The van der Waals surface area contributed by atoms with E-state index in [1.54, 1.807) is 6.92 Å². The number of sulfone groups is 1. The van der Waals surface area contributed by atoms with E-state index in [-0.39, 0.29) is 16.9 Å². The molecule has 1 aliphatic carbocycles. The molecule has 0 spiro atoms. The van der Waals surface area contributed by atoms with Gasteiger partial charge in [-0.25, -0.2) is 8.42 Å². The SMILES string of the molecule is CCS(=O)(=O)C1CC1C=O. The molecule has 0 heterocycles. The molecule has 1 rings (SSSR count). The average molecular weight is 162 g/mol. The van der Waals surface area contributed by atoms with Crippen molar-refractivity contribution < 1.29 is 13.2 Å². The Labute approximate surface area is 60.3 Å². The Bertz CT molecular complexity index is 229. The van der Waals surface area contributed by atoms with Crippen LogP contribution >= 0.6 is 0 Å². The molecule has 1 saturated carbocycles. The highest BCUT2D eigenvalue weighted by Crippen LogP contribution is 2.35. The molecular formula is C6H10O3S. The molecule has 3 nitrogen and oxygen atoms in total. The van der Waals surface area contributed by atoms with Gasteiger partial charge < -0.3 is 4.79 Å². The van der Waals surface area contributed by atoms with Crippen molar-refractivity contribution in [2.24, 2.45) is 5.92 Å². The first-order valence-electron chi connectivity index (χ1n) is 3.28. The lowest BCUT2D eigenvalue weighted by molar-refractivity contribution is -0.108. The smallest absolute Gasteiger partial charge is 0.153 e. The minimum atomic E-state index is -2.92. The van der Waals surface area contributed by atoms with Gasteiger partial charge in [-0.3, -0.25) is 0 Å². The van der Waals surface area contributed by atoms with Crippen molar-refractivity contribution in [2.45, 2.75) is 18.6 Å². The molecule has 58 valence electrons. The minimum absolute atomic E-state index is 0.155. The summed E-state index contributed by atoms with van der Waals surface area (Å²) in [7, 11) is -2.92. The summed E-state index contributed by atoms with van der Waals surface area (Å²) in [6.45, 7) is 1.61. The van der Waals surface area contributed by atoms with Crippen LogP contribution in [0.5, 0.6) is 0 Å². The van der Waals surface area contributed by atoms with Crippen LogP contribution in [0.15, 0.2) is 0 Å². The maximum atomic E-state index is 11.0. The number of carbonyl (C=O) groups excluding carboxylic acids is 1. The lowest BCUT2D eigenvalue weighted by atomic mass is 10.5. The predicted octanol–water partition coefficient (Wildman–Crippen LogP) is 0.00850. The zero-order chi connectivity index (χ0) is 7.78. The fourth-order valence-electron chi connectivity index (χ4n) is 0.960. The van der Waals surface area contributed by atoms with Gasteiger partial charge in [0.15, 0.2) is 9.84 Å². The maximum absolute atomic E-state index is 11.0. The quantitative estimate of drug-likeness (QED) is 0.549. The fraction of sp³-hybridized carbons (Fsp3) is 0.833. The topological polar surface area (TPSA) is 51.2 Å². The molecular weight excluding hydrogens is 152 g/mol. The van der Waals surface area contributed by atoms with Crippen molar-refractivity contribution in [3.63, 3.8) is 0 Å². The third-order valence-electron chi connectivity index (χ3n) is 1.82. The van der Waals surface area contributed by atoms with Crippen molar-refractivity contribution in [3.05, 3.63) is 0 Å². The normalized spacial score (nSPS) is 31.7. The van der Waals surface area contributed by atoms with Crippen molar-refractivity contribution in [1.82, 2.24) is 0 Å². The van der Waals surface area contributed by atoms with Gasteiger partial charge in [0.25, 0.3) is 0 Å². The molecule has 0 amide bonds. The molecule has 0 aromatic heterocycles. The summed E-state index contributed by atoms with van der Waals surface area (Å²) in [4.78, 5) is 10.1. The molecule has 10 heavy (non-hydrogen) atoms. The standard InChI is InChI=1S/C6H10O3S/c1-2-10(8,9)6-3-5(6)4-7/h4-6H,2-3H2,1H3. The van der Waals surface area contributed by atoms with Crippen molar-refractivity contribution in [2.75, 3.05) is 5.75 Å². The van der Waals surface area contributed by atoms with Crippen LogP contribution in [0, 0.1) is 5.92 Å². The number of rotatable bonds is 3. The predicted molar refractivity (Wildman–Crippen MR) is 37.4 cm³/mol. The van der Waals surface area contributed by atoms with Crippen molar-refractivity contribution >= 4 is 16.1 Å². The molecule has 0 radical (unpaired) electrons. The van der Waals surface area contributed by atoms with Crippen LogP contribution in [0.3, 0.4) is 0 Å². The van der Waals surface area contributed by atoms with Crippen LogP contribution in [0.1, 0.15) is 13.3 Å². The first-order chi connectivity index (χ1) is 4.61. The van der Waals surface area contributed by atoms with E-state index in [2.05, 4.69) is 0 Å². The van der Waals surface area contributed by atoms with E-state index in [4.69, 9.17) is 0 Å². The first-order valence-corrected chi connectivity index (χ1v) is 5.00. The molecule has 0 N–H and O–H groups in total. The van der Waals surface area contributed by atoms with Crippen LogP contribution in [-0.2, 0) is 14.6 Å². The Kier molecular flexibility index (Phi) is 1.81. The Morgan fingerprint density at radius 1 is 1.60 bits per heavy atom. The van der Waals surface area contributed by atoms with Gasteiger partial charge in [0.2, 0.25) is 0 Å². The van der Waals surface area contributed by atoms with Gasteiger partial charge in [-0.05, 0) is 6.42 Å². The molecule has 0 aliphatic heterocycles. The van der Waals surface area contributed by atoms with E-state index in [9.17, 15) is 13.2 Å². The second-order valence-electron chi connectivity index (χ2n) is 2.53. The zero-order valence-corrected chi connectivity index (χ0v) is 6.60. The summed E-state index contributed by atoms with van der Waals surface area (Å²) in [5.41, 5.74) is 0. The van der Waals surface area contributed by atoms with Crippen LogP contribution in [0.2, 0.25) is 0 Å². The highest BCUT2D eigenvalue weighted by Gasteiger charge is 2.45. The van der Waals surface area contributed by atoms with Crippen LogP contribution in [-0.4, -0.2) is 25.7 Å². The van der Waals surface area contributed by atoms with E-state index in [1.807, 2.05) is 0 Å². The molecule has 1 aliphatic rings. The van der Waals surface area contributed by atoms with Gasteiger partial charge in [0.05, 0.1) is 5.25 Å². The van der Waals surface area contributed by atoms with Gasteiger partial charge in [0.1, 0.15) is 6.29 Å². The van der Waals surface area contributed by atoms with Crippen LogP contribution in [0.4, 0.5) is 0 Å². The lowest BCUT2D eigenvalue weighted by Gasteiger charge is -1.94. The number of hydrogen-bond acceptors (Lipinski definition) is 3. The number of aldehydes is 1. The molecule has 0 bridgehead atoms. The minimum Gasteiger partial charge on any atom is -0.303 e. The van der Waals surface area contributed by atoms with Crippen LogP contribution < -0.4 is 0 Å². The summed E-state index contributed by atoms with van der Waals surface area (Å²) in [5.74, 6) is -0.0490. The van der Waals surface area contributed by atoms with Crippen molar-refractivity contribution in [3.8, 4) is 0 Å². The largest absolute Gasteiger partial charge is 0.303 e. The maximum Gasteiger partial charge on any atom is 0.153 e. The molecule has 2 unspecified atom stereocenters. The molecule has 0 aromatic carbocycles. The molecule has 4 heteroatoms. The van der Waals surface area contributed by atoms with E-state index >= 15 is 0 Å². The Hall–Kier alpha value is -0.380. The highest BCUT2D eigenvalue weighted by atomic mass is 32.2. The number of carbonyl (C=O) groups is 1. The third-order valence-corrected chi connectivity index (χ3v) is 4.09. The number of hydrogen-bond donors (Lipinski definition) is 0. The second kappa shape index (κ2) is 2.34.